The van der Waals surface area contributed by atoms with E-state index in [1.165, 1.54) is 0 Å². The highest BCUT2D eigenvalue weighted by molar-refractivity contribution is 9.10. The van der Waals surface area contributed by atoms with Crippen LogP contribution in [0.25, 0.3) is 0 Å². The highest BCUT2D eigenvalue weighted by Gasteiger charge is 2.06. The average molecular weight is 316 g/mol. The number of aromatic nitrogens is 1. The molecule has 1 aromatic heterocycles. The largest absolute Gasteiger partial charge is 0.497 e. The van der Waals surface area contributed by atoms with E-state index >= 15 is 0 Å². The normalized spacial score (nSPS) is 9.37. The molecule has 0 aliphatic carbocycles. The van der Waals surface area contributed by atoms with Crippen LogP contribution in [0.3, 0.4) is 0 Å². The first-order chi connectivity index (χ1) is 9.20. The molecule has 0 atom stereocenters. The Hall–Kier alpha value is -2.12. The minimum absolute atomic E-state index is 0.268. The minimum Gasteiger partial charge on any atom is -0.497 e. The minimum atomic E-state index is -0.268. The molecule has 1 aromatic carbocycles. The van der Waals surface area contributed by atoms with E-state index in [4.69, 9.17) is 4.74 Å². The summed E-state index contributed by atoms with van der Waals surface area (Å²) in [4.78, 5) is 15.9. The van der Waals surface area contributed by atoms with Gasteiger partial charge in [0.25, 0.3) is 0 Å². The summed E-state index contributed by atoms with van der Waals surface area (Å²) >= 11 is 3.23. The van der Waals surface area contributed by atoms with Gasteiger partial charge in [0.05, 0.1) is 12.7 Å². The predicted octanol–water partition coefficient (Wildman–Crippen LogP) is 3.09. The second-order valence-electron chi connectivity index (χ2n) is 3.65. The maximum Gasteiger partial charge on any atom is 0.238 e. The van der Waals surface area contributed by atoms with Gasteiger partial charge in [0, 0.05) is 11.8 Å². The van der Waals surface area contributed by atoms with Crippen LogP contribution in [0.2, 0.25) is 0 Å². The highest BCUT2D eigenvalue weighted by atomic mass is 79.9. The zero-order chi connectivity index (χ0) is 13.7. The number of nitrogens with zero attached hydrogens (tertiary/aromatic N) is 1. The molecule has 2 aromatic rings. The van der Waals surface area contributed by atoms with Crippen LogP contribution < -0.4 is 4.74 Å². The molecule has 94 valence electrons. The Labute approximate surface area is 119 Å². The molecule has 4 heteroatoms. The van der Waals surface area contributed by atoms with Crippen LogP contribution in [-0.4, -0.2) is 17.9 Å². The van der Waals surface area contributed by atoms with Gasteiger partial charge in [0.1, 0.15) is 10.4 Å². The molecule has 0 unspecified atom stereocenters. The lowest BCUT2D eigenvalue weighted by molar-refractivity contribution is 0.105. The number of pyridine rings is 1. The van der Waals surface area contributed by atoms with Crippen molar-refractivity contribution in [3.63, 3.8) is 0 Å². The van der Waals surface area contributed by atoms with Gasteiger partial charge in [0.2, 0.25) is 5.78 Å². The van der Waals surface area contributed by atoms with Crippen molar-refractivity contribution < 1.29 is 9.53 Å². The van der Waals surface area contributed by atoms with Gasteiger partial charge in [-0.05, 0) is 58.2 Å². The number of halogens is 1. The third-order valence-corrected chi connectivity index (χ3v) is 3.05. The number of carbonyl (C=O) groups excluding carboxylic acids is 1. The molecule has 3 nitrogen and oxygen atoms in total. The summed E-state index contributed by atoms with van der Waals surface area (Å²) in [5.74, 6) is 5.90. The third kappa shape index (κ3) is 3.43. The molecule has 0 aliphatic rings. The quantitative estimate of drug-likeness (QED) is 0.485. The number of rotatable bonds is 2. The Balaban J connectivity index is 2.19. The Morgan fingerprint density at radius 1 is 1.26 bits per heavy atom. The molecule has 1 heterocycles. The standard InChI is InChI=1S/C15H10BrNO2/c1-19-12-7-4-11(5-8-12)6-9-14(18)13-3-2-10-17-15(13)16/h2-5,7-8,10H,1H3. The van der Waals surface area contributed by atoms with Crippen molar-refractivity contribution in [3.8, 4) is 17.6 Å². The molecule has 0 radical (unpaired) electrons. The molecule has 0 aliphatic heterocycles. The third-order valence-electron chi connectivity index (χ3n) is 2.41. The number of ketones is 1. The molecule has 0 spiro atoms. The van der Waals surface area contributed by atoms with E-state index in [-0.39, 0.29) is 5.78 Å². The zero-order valence-corrected chi connectivity index (χ0v) is 11.8. The lowest BCUT2D eigenvalue weighted by Gasteiger charge is -1.98. The number of ether oxygens (including phenoxy) is 1. The fourth-order valence-corrected chi connectivity index (χ4v) is 1.86. The van der Waals surface area contributed by atoms with Crippen LogP contribution in [0.5, 0.6) is 5.75 Å². The van der Waals surface area contributed by atoms with Gasteiger partial charge < -0.3 is 4.74 Å². The fourth-order valence-electron chi connectivity index (χ4n) is 1.43. The van der Waals surface area contributed by atoms with Crippen LogP contribution in [-0.2, 0) is 0 Å². The van der Waals surface area contributed by atoms with Crippen molar-refractivity contribution >= 4 is 21.7 Å². The van der Waals surface area contributed by atoms with E-state index in [1.807, 2.05) is 0 Å². The Kier molecular flexibility index (Phi) is 4.32. The average Bonchev–Trinajstić information content (AvgIpc) is 2.46. The van der Waals surface area contributed by atoms with Gasteiger partial charge >= 0.3 is 0 Å². The molecule has 2 rings (SSSR count). The Morgan fingerprint density at radius 3 is 2.63 bits per heavy atom. The van der Waals surface area contributed by atoms with Crippen molar-refractivity contribution in [1.82, 2.24) is 4.98 Å². The molecule has 0 saturated carbocycles. The van der Waals surface area contributed by atoms with Gasteiger partial charge in [-0.1, -0.05) is 5.92 Å². The Bertz CT molecular complexity index is 654. The van der Waals surface area contributed by atoms with E-state index in [2.05, 4.69) is 32.8 Å². The number of methoxy groups -OCH3 is 1. The summed E-state index contributed by atoms with van der Waals surface area (Å²) in [6.45, 7) is 0. The molecular weight excluding hydrogens is 306 g/mol. The molecule has 0 N–H and O–H groups in total. The molecule has 0 fully saturated rings. The summed E-state index contributed by atoms with van der Waals surface area (Å²) in [5.41, 5.74) is 1.22. The maximum absolute atomic E-state index is 11.9. The SMILES string of the molecule is COc1ccc(C#CC(=O)c2cccnc2Br)cc1. The van der Waals surface area contributed by atoms with Crippen LogP contribution in [0.1, 0.15) is 15.9 Å². The first-order valence-corrected chi connectivity index (χ1v) is 6.31. The lowest BCUT2D eigenvalue weighted by Crippen LogP contribution is -1.97. The molecular formula is C15H10BrNO2. The summed E-state index contributed by atoms with van der Waals surface area (Å²) in [7, 11) is 1.60. The van der Waals surface area contributed by atoms with E-state index in [0.29, 0.717) is 10.2 Å². The highest BCUT2D eigenvalue weighted by Crippen LogP contribution is 2.13. The summed E-state index contributed by atoms with van der Waals surface area (Å²) in [6.07, 6.45) is 1.61. The van der Waals surface area contributed by atoms with Crippen LogP contribution >= 0.6 is 15.9 Å². The van der Waals surface area contributed by atoms with Gasteiger partial charge in [-0.2, -0.15) is 0 Å². The number of benzene rings is 1. The second-order valence-corrected chi connectivity index (χ2v) is 4.40. The first kappa shape index (κ1) is 13.3. The lowest BCUT2D eigenvalue weighted by atomic mass is 10.1. The van der Waals surface area contributed by atoms with Crippen molar-refractivity contribution in [3.05, 3.63) is 58.3 Å². The van der Waals surface area contributed by atoms with E-state index in [0.717, 1.165) is 11.3 Å². The van der Waals surface area contributed by atoms with E-state index in [1.54, 1.807) is 49.7 Å². The van der Waals surface area contributed by atoms with Gasteiger partial charge in [-0.15, -0.1) is 0 Å². The van der Waals surface area contributed by atoms with Crippen molar-refractivity contribution in [2.24, 2.45) is 0 Å². The number of carbonyl (C=O) groups is 1. The summed E-state index contributed by atoms with van der Waals surface area (Å²) in [5, 5.41) is 0. The first-order valence-electron chi connectivity index (χ1n) is 5.51. The summed E-state index contributed by atoms with van der Waals surface area (Å²) in [6, 6.07) is 10.6. The zero-order valence-electron chi connectivity index (χ0n) is 10.2. The number of hydrogen-bond donors (Lipinski definition) is 0. The molecule has 0 bridgehead atoms. The predicted molar refractivity (Wildman–Crippen MR) is 76.1 cm³/mol. The van der Waals surface area contributed by atoms with Crippen LogP contribution in [0.4, 0.5) is 0 Å². The van der Waals surface area contributed by atoms with E-state index in [9.17, 15) is 4.79 Å². The maximum atomic E-state index is 11.9. The Morgan fingerprint density at radius 2 is 2.00 bits per heavy atom. The van der Waals surface area contributed by atoms with Gasteiger partial charge in [-0.3, -0.25) is 4.79 Å². The van der Waals surface area contributed by atoms with E-state index < -0.39 is 0 Å². The molecule has 0 saturated heterocycles. The number of hydrogen-bond acceptors (Lipinski definition) is 3. The topological polar surface area (TPSA) is 39.2 Å². The second kappa shape index (κ2) is 6.17. The van der Waals surface area contributed by atoms with Crippen LogP contribution in [0.15, 0.2) is 47.2 Å². The van der Waals surface area contributed by atoms with Gasteiger partial charge in [0.15, 0.2) is 0 Å². The molecule has 19 heavy (non-hydrogen) atoms. The smallest absolute Gasteiger partial charge is 0.238 e. The molecule has 0 amide bonds. The number of Topliss-reactive ketones (excluding diaryl/α,β-unsaturated/α-hetero) is 1. The van der Waals surface area contributed by atoms with Gasteiger partial charge in [-0.25, -0.2) is 4.98 Å². The van der Waals surface area contributed by atoms with Crippen molar-refractivity contribution in [2.75, 3.05) is 7.11 Å². The fraction of sp³-hybridized carbons (Fsp3) is 0.0667. The van der Waals surface area contributed by atoms with Crippen molar-refractivity contribution in [2.45, 2.75) is 0 Å². The monoisotopic (exact) mass is 315 g/mol. The van der Waals surface area contributed by atoms with Crippen molar-refractivity contribution in [1.29, 1.82) is 0 Å². The summed E-state index contributed by atoms with van der Waals surface area (Å²) < 4.78 is 5.55. The van der Waals surface area contributed by atoms with Crippen LogP contribution in [0, 0.1) is 11.8 Å².